The van der Waals surface area contributed by atoms with Crippen LogP contribution < -0.4 is 4.74 Å². The molecule has 1 N–H and O–H groups in total. The van der Waals surface area contributed by atoms with Gasteiger partial charge in [-0.3, -0.25) is 0 Å². The summed E-state index contributed by atoms with van der Waals surface area (Å²) in [4.78, 5) is 4.78. The normalized spacial score (nSPS) is 17.9. The second-order valence-corrected chi connectivity index (χ2v) is 7.08. The van der Waals surface area contributed by atoms with E-state index < -0.39 is 6.10 Å². The molecule has 1 atom stereocenters. The lowest BCUT2D eigenvalue weighted by molar-refractivity contribution is 0.0478. The van der Waals surface area contributed by atoms with Gasteiger partial charge in [-0.2, -0.15) is 0 Å². The Kier molecular flexibility index (Phi) is 6.29. The Morgan fingerprint density at radius 1 is 1.16 bits per heavy atom. The number of aliphatic hydroxyl groups excluding tert-OH is 1. The summed E-state index contributed by atoms with van der Waals surface area (Å²) >= 11 is 0. The summed E-state index contributed by atoms with van der Waals surface area (Å²) in [5.74, 6) is 0.816. The fraction of sp³-hybridized carbons (Fsp3) is 0.524. The summed E-state index contributed by atoms with van der Waals surface area (Å²) in [7, 11) is 2.12. The maximum atomic E-state index is 10.3. The number of nitrogens with zero attached hydrogens (tertiary/aromatic N) is 2. The Balaban J connectivity index is 1.46. The Labute approximate surface area is 151 Å². The van der Waals surface area contributed by atoms with E-state index in [4.69, 9.17) is 4.74 Å². The molecule has 2 aromatic carbocycles. The summed E-state index contributed by atoms with van der Waals surface area (Å²) < 4.78 is 5.81. The number of piperidine rings is 1. The smallest absolute Gasteiger partial charge is 0.120 e. The van der Waals surface area contributed by atoms with E-state index in [1.54, 1.807) is 0 Å². The predicted molar refractivity (Wildman–Crippen MR) is 103 cm³/mol. The van der Waals surface area contributed by atoms with E-state index >= 15 is 0 Å². The summed E-state index contributed by atoms with van der Waals surface area (Å²) in [5.41, 5.74) is 0. The number of aliphatic hydroxyl groups is 1. The summed E-state index contributed by atoms with van der Waals surface area (Å²) in [6, 6.07) is 14.9. The average Bonchev–Trinajstić information content (AvgIpc) is 2.66. The molecule has 1 saturated heterocycles. The second kappa shape index (κ2) is 8.65. The third kappa shape index (κ3) is 4.94. The van der Waals surface area contributed by atoms with E-state index in [0.717, 1.165) is 30.8 Å². The third-order valence-corrected chi connectivity index (χ3v) is 5.29. The number of fused-ring (bicyclic) bond motifs is 1. The van der Waals surface area contributed by atoms with E-state index in [2.05, 4.69) is 42.0 Å². The number of hydrogen-bond donors (Lipinski definition) is 1. The topological polar surface area (TPSA) is 35.9 Å². The van der Waals surface area contributed by atoms with Gasteiger partial charge in [0.05, 0.1) is 0 Å². The van der Waals surface area contributed by atoms with Gasteiger partial charge in [-0.25, -0.2) is 0 Å². The van der Waals surface area contributed by atoms with E-state index in [1.807, 2.05) is 24.3 Å². The molecule has 1 unspecified atom stereocenters. The molecule has 0 aliphatic carbocycles. The molecule has 0 radical (unpaired) electrons. The molecular weight excluding hydrogens is 312 g/mol. The number of benzene rings is 2. The first-order valence-electron chi connectivity index (χ1n) is 9.38. The molecule has 0 amide bonds. The molecule has 0 bridgehead atoms. The molecule has 4 heteroatoms. The van der Waals surface area contributed by atoms with Crippen LogP contribution in [0.15, 0.2) is 42.5 Å². The minimum Gasteiger partial charge on any atom is -0.491 e. The van der Waals surface area contributed by atoms with Gasteiger partial charge >= 0.3 is 0 Å². The van der Waals surface area contributed by atoms with Crippen LogP contribution in [0.4, 0.5) is 0 Å². The van der Waals surface area contributed by atoms with Gasteiger partial charge in [0.15, 0.2) is 0 Å². The highest BCUT2D eigenvalue weighted by molar-refractivity contribution is 5.83. The van der Waals surface area contributed by atoms with Crippen LogP contribution in [0, 0.1) is 0 Å². The zero-order chi connectivity index (χ0) is 17.6. The van der Waals surface area contributed by atoms with Crippen LogP contribution >= 0.6 is 0 Å². The largest absolute Gasteiger partial charge is 0.491 e. The Morgan fingerprint density at radius 2 is 1.88 bits per heavy atom. The maximum Gasteiger partial charge on any atom is 0.120 e. The first-order chi connectivity index (χ1) is 12.2. The lowest BCUT2D eigenvalue weighted by Crippen LogP contribution is -2.46. The second-order valence-electron chi connectivity index (χ2n) is 7.08. The summed E-state index contributed by atoms with van der Waals surface area (Å²) in [5, 5.41) is 12.7. The van der Waals surface area contributed by atoms with Crippen LogP contribution in [0.3, 0.4) is 0 Å². The average molecular weight is 342 g/mol. The third-order valence-electron chi connectivity index (χ3n) is 5.29. The van der Waals surface area contributed by atoms with Crippen molar-refractivity contribution in [1.82, 2.24) is 9.80 Å². The number of likely N-dealkylation sites (N-methyl/N-ethyl adjacent to an activating group) is 1. The standard InChI is InChI=1S/C21H30N2O2/c1-3-23-12-10-19(11-13-23)22(2)15-20(24)16-25-21-9-8-17-6-4-5-7-18(17)14-21/h4-9,14,19-20,24H,3,10-13,15-16H2,1-2H3. The minimum absolute atomic E-state index is 0.330. The van der Waals surface area contributed by atoms with Gasteiger partial charge in [-0.1, -0.05) is 37.3 Å². The minimum atomic E-state index is -0.472. The molecule has 2 aromatic rings. The Bertz CT molecular complexity index is 668. The number of ether oxygens (including phenoxy) is 1. The van der Waals surface area contributed by atoms with Crippen LogP contribution in [0.1, 0.15) is 19.8 Å². The number of likely N-dealkylation sites (tertiary alicyclic amines) is 1. The highest BCUT2D eigenvalue weighted by atomic mass is 16.5. The van der Waals surface area contributed by atoms with Crippen molar-refractivity contribution < 1.29 is 9.84 Å². The van der Waals surface area contributed by atoms with Crippen molar-refractivity contribution in [3.05, 3.63) is 42.5 Å². The molecule has 25 heavy (non-hydrogen) atoms. The lowest BCUT2D eigenvalue weighted by atomic mass is 10.0. The molecule has 1 heterocycles. The fourth-order valence-corrected chi connectivity index (χ4v) is 3.66. The molecule has 3 rings (SSSR count). The number of rotatable bonds is 7. The van der Waals surface area contributed by atoms with Gasteiger partial charge in [-0.05, 0) is 62.4 Å². The highest BCUT2D eigenvalue weighted by Crippen LogP contribution is 2.21. The van der Waals surface area contributed by atoms with Crippen LogP contribution in [0.5, 0.6) is 5.75 Å². The molecule has 1 aliphatic heterocycles. The van der Waals surface area contributed by atoms with E-state index in [9.17, 15) is 5.11 Å². The summed E-state index contributed by atoms with van der Waals surface area (Å²) in [6.07, 6.45) is 1.89. The predicted octanol–water partition coefficient (Wildman–Crippen LogP) is 3.00. The molecule has 0 aromatic heterocycles. The van der Waals surface area contributed by atoms with Gasteiger partial charge in [0, 0.05) is 12.6 Å². The van der Waals surface area contributed by atoms with Gasteiger partial charge in [-0.15, -0.1) is 0 Å². The van der Waals surface area contributed by atoms with Crippen molar-refractivity contribution in [2.45, 2.75) is 31.9 Å². The van der Waals surface area contributed by atoms with Crippen LogP contribution in [0.25, 0.3) is 10.8 Å². The van der Waals surface area contributed by atoms with Crippen LogP contribution in [-0.4, -0.2) is 66.9 Å². The molecule has 1 fully saturated rings. The van der Waals surface area contributed by atoms with Gasteiger partial charge in [0.1, 0.15) is 18.5 Å². The fourth-order valence-electron chi connectivity index (χ4n) is 3.66. The zero-order valence-electron chi connectivity index (χ0n) is 15.4. The molecule has 0 spiro atoms. The van der Waals surface area contributed by atoms with Gasteiger partial charge in [0.2, 0.25) is 0 Å². The van der Waals surface area contributed by atoms with E-state index in [1.165, 1.54) is 18.2 Å². The monoisotopic (exact) mass is 342 g/mol. The molecular formula is C21H30N2O2. The van der Waals surface area contributed by atoms with Crippen molar-refractivity contribution in [3.8, 4) is 5.75 Å². The first kappa shape index (κ1) is 18.2. The van der Waals surface area contributed by atoms with Crippen molar-refractivity contribution >= 4 is 10.8 Å². The van der Waals surface area contributed by atoms with Crippen LogP contribution in [-0.2, 0) is 0 Å². The highest BCUT2D eigenvalue weighted by Gasteiger charge is 2.23. The molecule has 136 valence electrons. The Morgan fingerprint density at radius 3 is 2.60 bits per heavy atom. The number of hydrogen-bond acceptors (Lipinski definition) is 4. The maximum absolute atomic E-state index is 10.3. The first-order valence-corrected chi connectivity index (χ1v) is 9.38. The SMILES string of the molecule is CCN1CCC(N(C)CC(O)COc2ccc3ccccc3c2)CC1. The van der Waals surface area contributed by atoms with Crippen LogP contribution in [0.2, 0.25) is 0 Å². The Hall–Kier alpha value is -1.62. The van der Waals surface area contributed by atoms with Crippen molar-refractivity contribution in [1.29, 1.82) is 0 Å². The summed E-state index contributed by atoms with van der Waals surface area (Å²) in [6.45, 7) is 6.67. The molecule has 0 saturated carbocycles. The van der Waals surface area contributed by atoms with Crippen molar-refractivity contribution in [2.75, 3.05) is 39.8 Å². The quantitative estimate of drug-likeness (QED) is 0.839. The van der Waals surface area contributed by atoms with E-state index in [0.29, 0.717) is 19.2 Å². The lowest BCUT2D eigenvalue weighted by Gasteiger charge is -2.37. The molecule has 1 aliphatic rings. The van der Waals surface area contributed by atoms with Crippen molar-refractivity contribution in [3.63, 3.8) is 0 Å². The van der Waals surface area contributed by atoms with E-state index in [-0.39, 0.29) is 0 Å². The zero-order valence-corrected chi connectivity index (χ0v) is 15.4. The van der Waals surface area contributed by atoms with Gasteiger partial charge in [0.25, 0.3) is 0 Å². The molecule has 4 nitrogen and oxygen atoms in total. The van der Waals surface area contributed by atoms with Gasteiger partial charge < -0.3 is 19.6 Å². The van der Waals surface area contributed by atoms with Crippen molar-refractivity contribution in [2.24, 2.45) is 0 Å².